The van der Waals surface area contributed by atoms with E-state index >= 15 is 0 Å². The summed E-state index contributed by atoms with van der Waals surface area (Å²) in [4.78, 5) is 0. The van der Waals surface area contributed by atoms with Crippen LogP contribution in [0, 0.1) is 0 Å². The van der Waals surface area contributed by atoms with E-state index in [9.17, 15) is 0 Å². The fourth-order valence-electron chi connectivity index (χ4n) is 0.681. The van der Waals surface area contributed by atoms with Crippen molar-refractivity contribution in [1.82, 2.24) is 5.43 Å². The highest BCUT2D eigenvalue weighted by atomic mass is 79.9. The van der Waals surface area contributed by atoms with Crippen LogP contribution in [0.4, 0.5) is 0 Å². The van der Waals surface area contributed by atoms with Crippen LogP contribution in [-0.4, -0.2) is 6.54 Å². The number of hydrogen-bond donors (Lipinski definition) is 2. The average Bonchev–Trinajstić information content (AvgIpc) is 2.31. The highest BCUT2D eigenvalue weighted by molar-refractivity contribution is 9.10. The molecule has 0 spiro atoms. The number of nitrogens with one attached hydrogen (secondary N) is 1. The quantitative estimate of drug-likeness (QED) is 0.572. The molecule has 0 aromatic carbocycles. The summed E-state index contributed by atoms with van der Waals surface area (Å²) in [6.07, 6.45) is 0.822. The van der Waals surface area contributed by atoms with Gasteiger partial charge < -0.3 is 4.42 Å². The van der Waals surface area contributed by atoms with Gasteiger partial charge in [0.2, 0.25) is 0 Å². The van der Waals surface area contributed by atoms with Gasteiger partial charge in [-0.05, 0) is 28.1 Å². The maximum atomic E-state index is 5.21. The van der Waals surface area contributed by atoms with Crippen molar-refractivity contribution >= 4 is 15.9 Å². The molecule has 0 aliphatic carbocycles. The zero-order chi connectivity index (χ0) is 7.40. The van der Waals surface area contributed by atoms with Gasteiger partial charge in [0.15, 0.2) is 4.67 Å². The molecule has 3 N–H and O–H groups in total. The van der Waals surface area contributed by atoms with Crippen LogP contribution in [0.1, 0.15) is 5.76 Å². The van der Waals surface area contributed by atoms with E-state index in [1.807, 2.05) is 12.1 Å². The molecule has 56 valence electrons. The van der Waals surface area contributed by atoms with Gasteiger partial charge >= 0.3 is 0 Å². The summed E-state index contributed by atoms with van der Waals surface area (Å²) in [7, 11) is 0. The standard InChI is InChI=1S/C6H9BrN2O/c7-6-2-1-5(10-6)3-4-9-8/h1-2,9H,3-4,8H2. The molecule has 1 aromatic heterocycles. The van der Waals surface area contributed by atoms with Crippen molar-refractivity contribution in [2.45, 2.75) is 6.42 Å². The van der Waals surface area contributed by atoms with Crippen LogP contribution in [0.2, 0.25) is 0 Å². The summed E-state index contributed by atoms with van der Waals surface area (Å²) in [6.45, 7) is 0.736. The van der Waals surface area contributed by atoms with Crippen molar-refractivity contribution in [2.24, 2.45) is 5.84 Å². The van der Waals surface area contributed by atoms with Gasteiger partial charge in [0.05, 0.1) is 0 Å². The normalized spacial score (nSPS) is 10.2. The minimum absolute atomic E-state index is 0.736. The smallest absolute Gasteiger partial charge is 0.169 e. The average molecular weight is 205 g/mol. The number of hydrazine groups is 1. The number of furan rings is 1. The summed E-state index contributed by atoms with van der Waals surface area (Å²) in [5.74, 6) is 6.01. The molecule has 1 heterocycles. The molecule has 0 amide bonds. The molecule has 0 unspecified atom stereocenters. The highest BCUT2D eigenvalue weighted by Gasteiger charge is 1.96. The SMILES string of the molecule is NNCCc1ccc(Br)o1. The fraction of sp³-hybridized carbons (Fsp3) is 0.333. The lowest BCUT2D eigenvalue weighted by molar-refractivity contribution is 0.481. The van der Waals surface area contributed by atoms with E-state index < -0.39 is 0 Å². The van der Waals surface area contributed by atoms with Gasteiger partial charge in [0.25, 0.3) is 0 Å². The third-order valence-electron chi connectivity index (χ3n) is 1.14. The van der Waals surface area contributed by atoms with Crippen LogP contribution in [0.3, 0.4) is 0 Å². The van der Waals surface area contributed by atoms with Crippen molar-refractivity contribution < 1.29 is 4.42 Å². The van der Waals surface area contributed by atoms with E-state index in [2.05, 4.69) is 21.4 Å². The van der Waals surface area contributed by atoms with Crippen LogP contribution in [0.5, 0.6) is 0 Å². The molecule has 0 saturated heterocycles. The Morgan fingerprint density at radius 2 is 2.40 bits per heavy atom. The molecular formula is C6H9BrN2O. The summed E-state index contributed by atoms with van der Waals surface area (Å²) in [6, 6.07) is 3.78. The van der Waals surface area contributed by atoms with Crippen LogP contribution >= 0.6 is 15.9 Å². The number of nitrogens with two attached hydrogens (primary N) is 1. The lowest BCUT2D eigenvalue weighted by atomic mass is 10.3. The maximum absolute atomic E-state index is 5.21. The molecule has 0 atom stereocenters. The molecule has 0 radical (unpaired) electrons. The first-order chi connectivity index (χ1) is 4.83. The molecule has 4 heteroatoms. The van der Waals surface area contributed by atoms with E-state index in [0.717, 1.165) is 23.4 Å². The topological polar surface area (TPSA) is 51.2 Å². The predicted molar refractivity (Wildman–Crippen MR) is 42.3 cm³/mol. The maximum Gasteiger partial charge on any atom is 0.169 e. The summed E-state index contributed by atoms with van der Waals surface area (Å²) in [5, 5.41) is 0. The molecule has 0 bridgehead atoms. The second-order valence-corrected chi connectivity index (χ2v) is 2.69. The Bertz CT molecular complexity index is 199. The molecule has 0 saturated carbocycles. The Hall–Kier alpha value is -0.320. The molecule has 1 aromatic rings. The second-order valence-electron chi connectivity index (χ2n) is 1.91. The van der Waals surface area contributed by atoms with Crippen molar-refractivity contribution in [3.8, 4) is 0 Å². The second kappa shape index (κ2) is 3.75. The summed E-state index contributed by atoms with van der Waals surface area (Å²) < 4.78 is 5.97. The van der Waals surface area contributed by atoms with Gasteiger partial charge in [-0.1, -0.05) is 0 Å². The Morgan fingerprint density at radius 1 is 1.60 bits per heavy atom. The first-order valence-electron chi connectivity index (χ1n) is 3.00. The van der Waals surface area contributed by atoms with Crippen LogP contribution < -0.4 is 11.3 Å². The third-order valence-corrected chi connectivity index (χ3v) is 1.57. The van der Waals surface area contributed by atoms with Gasteiger partial charge in [-0.25, -0.2) is 0 Å². The van der Waals surface area contributed by atoms with Crippen LogP contribution in [0.25, 0.3) is 0 Å². The lowest BCUT2D eigenvalue weighted by Crippen LogP contribution is -2.24. The van der Waals surface area contributed by atoms with Gasteiger partial charge in [0.1, 0.15) is 5.76 Å². The summed E-state index contributed by atoms with van der Waals surface area (Å²) >= 11 is 3.21. The Kier molecular flexibility index (Phi) is 2.92. The third kappa shape index (κ3) is 2.13. The van der Waals surface area contributed by atoms with Gasteiger partial charge in [-0.2, -0.15) is 0 Å². The minimum Gasteiger partial charge on any atom is -0.454 e. The first-order valence-corrected chi connectivity index (χ1v) is 3.80. The van der Waals surface area contributed by atoms with E-state index in [-0.39, 0.29) is 0 Å². The van der Waals surface area contributed by atoms with Gasteiger partial charge in [-0.3, -0.25) is 11.3 Å². The minimum atomic E-state index is 0.736. The highest BCUT2D eigenvalue weighted by Crippen LogP contribution is 2.13. The molecule has 1 rings (SSSR count). The predicted octanol–water partition coefficient (Wildman–Crippen LogP) is 1.05. The van der Waals surface area contributed by atoms with E-state index in [1.165, 1.54) is 0 Å². The Labute approximate surface area is 67.7 Å². The van der Waals surface area contributed by atoms with Crippen LogP contribution in [-0.2, 0) is 6.42 Å². The molecule has 10 heavy (non-hydrogen) atoms. The number of hydrogen-bond acceptors (Lipinski definition) is 3. The van der Waals surface area contributed by atoms with E-state index in [1.54, 1.807) is 0 Å². The largest absolute Gasteiger partial charge is 0.454 e. The molecule has 3 nitrogen and oxygen atoms in total. The first kappa shape index (κ1) is 7.78. The molecular weight excluding hydrogens is 196 g/mol. The summed E-state index contributed by atoms with van der Waals surface area (Å²) in [5.41, 5.74) is 2.55. The van der Waals surface area contributed by atoms with E-state index in [4.69, 9.17) is 10.3 Å². The lowest BCUT2D eigenvalue weighted by Gasteiger charge is -1.93. The monoisotopic (exact) mass is 204 g/mol. The zero-order valence-corrected chi connectivity index (χ0v) is 7.02. The van der Waals surface area contributed by atoms with Crippen molar-refractivity contribution in [1.29, 1.82) is 0 Å². The van der Waals surface area contributed by atoms with Gasteiger partial charge in [-0.15, -0.1) is 0 Å². The Balaban J connectivity index is 2.42. The van der Waals surface area contributed by atoms with Crippen molar-refractivity contribution in [3.05, 3.63) is 22.6 Å². The Morgan fingerprint density at radius 3 is 2.90 bits per heavy atom. The van der Waals surface area contributed by atoms with E-state index in [0.29, 0.717) is 0 Å². The van der Waals surface area contributed by atoms with Crippen molar-refractivity contribution in [3.63, 3.8) is 0 Å². The van der Waals surface area contributed by atoms with Gasteiger partial charge in [0, 0.05) is 13.0 Å². The zero-order valence-electron chi connectivity index (χ0n) is 5.43. The molecule has 0 aliphatic heterocycles. The van der Waals surface area contributed by atoms with Crippen LogP contribution in [0.15, 0.2) is 21.2 Å². The number of halogens is 1. The van der Waals surface area contributed by atoms with Crippen molar-refractivity contribution in [2.75, 3.05) is 6.54 Å². The number of rotatable bonds is 3. The molecule has 0 aliphatic rings. The fourth-order valence-corrected chi connectivity index (χ4v) is 1.02. The molecule has 0 fully saturated rings.